The van der Waals surface area contributed by atoms with Crippen molar-refractivity contribution in [3.63, 3.8) is 0 Å². The fourth-order valence-electron chi connectivity index (χ4n) is 1.84. The summed E-state index contributed by atoms with van der Waals surface area (Å²) in [5.41, 5.74) is 1.50. The van der Waals surface area contributed by atoms with Gasteiger partial charge in [-0.1, -0.05) is 35.5 Å². The molecule has 0 spiro atoms. The highest BCUT2D eigenvalue weighted by Crippen LogP contribution is 2.18. The Hall–Kier alpha value is -2.18. The van der Waals surface area contributed by atoms with Crippen LogP contribution >= 0.6 is 0 Å². The minimum Gasteiger partial charge on any atom is -0.391 e. The summed E-state index contributed by atoms with van der Waals surface area (Å²) in [6, 6.07) is 11.1. The molecular weight excluding hydrogens is 272 g/mol. The van der Waals surface area contributed by atoms with Crippen molar-refractivity contribution in [1.82, 2.24) is 10.5 Å². The molecule has 0 fully saturated rings. The van der Waals surface area contributed by atoms with Crippen molar-refractivity contribution in [1.29, 1.82) is 0 Å². The summed E-state index contributed by atoms with van der Waals surface area (Å²) in [4.78, 5) is 11.9. The van der Waals surface area contributed by atoms with E-state index in [1.807, 2.05) is 30.3 Å². The molecule has 0 bridgehead atoms. The maximum atomic E-state index is 11.9. The van der Waals surface area contributed by atoms with Crippen molar-refractivity contribution in [2.75, 3.05) is 20.3 Å². The molecule has 1 amide bonds. The first kappa shape index (κ1) is 15.2. The smallest absolute Gasteiger partial charge is 0.289 e. The number of methoxy groups -OCH3 is 1. The number of ether oxygens (including phenoxy) is 1. The summed E-state index contributed by atoms with van der Waals surface area (Å²) in [5, 5.41) is 16.0. The third kappa shape index (κ3) is 4.40. The highest BCUT2D eigenvalue weighted by atomic mass is 16.5. The first-order chi connectivity index (χ1) is 10.2. The quantitative estimate of drug-likeness (QED) is 0.806. The Labute approximate surface area is 122 Å². The van der Waals surface area contributed by atoms with Gasteiger partial charge in [-0.15, -0.1) is 0 Å². The number of nitrogens with one attached hydrogen (secondary N) is 1. The van der Waals surface area contributed by atoms with Crippen LogP contribution in [0.5, 0.6) is 0 Å². The van der Waals surface area contributed by atoms with Crippen molar-refractivity contribution < 1.29 is 19.2 Å². The maximum Gasteiger partial charge on any atom is 0.289 e. The zero-order valence-electron chi connectivity index (χ0n) is 11.8. The Bertz CT molecular complexity index is 568. The lowest BCUT2D eigenvalue weighted by molar-refractivity contribution is 0.0585. The van der Waals surface area contributed by atoms with Crippen LogP contribution in [-0.2, 0) is 4.74 Å². The van der Waals surface area contributed by atoms with Crippen LogP contribution < -0.4 is 5.32 Å². The van der Waals surface area contributed by atoms with Gasteiger partial charge in [0, 0.05) is 25.3 Å². The number of aliphatic hydroxyl groups excluding tert-OH is 1. The van der Waals surface area contributed by atoms with Crippen LogP contribution in [0.2, 0.25) is 0 Å². The number of amides is 1. The van der Waals surface area contributed by atoms with Crippen LogP contribution in [-0.4, -0.2) is 42.5 Å². The molecule has 1 unspecified atom stereocenters. The number of aromatic nitrogens is 1. The summed E-state index contributed by atoms with van der Waals surface area (Å²) < 4.78 is 9.84. The van der Waals surface area contributed by atoms with E-state index < -0.39 is 6.10 Å². The van der Waals surface area contributed by atoms with E-state index in [1.165, 1.54) is 7.11 Å². The Morgan fingerprint density at radius 1 is 1.43 bits per heavy atom. The molecule has 0 saturated heterocycles. The van der Waals surface area contributed by atoms with E-state index in [2.05, 4.69) is 10.5 Å². The molecule has 1 aromatic carbocycles. The zero-order chi connectivity index (χ0) is 15.1. The summed E-state index contributed by atoms with van der Waals surface area (Å²) in [7, 11) is 1.52. The number of carbonyl (C=O) groups excluding carboxylic acids is 1. The van der Waals surface area contributed by atoms with Gasteiger partial charge >= 0.3 is 0 Å². The molecule has 1 atom stereocenters. The lowest BCUT2D eigenvalue weighted by Gasteiger charge is -2.08. The van der Waals surface area contributed by atoms with Crippen LogP contribution in [0.4, 0.5) is 0 Å². The number of hydrogen-bond acceptors (Lipinski definition) is 5. The van der Waals surface area contributed by atoms with E-state index in [0.717, 1.165) is 5.56 Å². The van der Waals surface area contributed by atoms with Crippen LogP contribution in [0.25, 0.3) is 11.3 Å². The third-order valence-corrected chi connectivity index (χ3v) is 2.93. The van der Waals surface area contributed by atoms with E-state index in [0.29, 0.717) is 18.7 Å². The van der Waals surface area contributed by atoms with E-state index in [9.17, 15) is 9.90 Å². The van der Waals surface area contributed by atoms with Gasteiger partial charge in [0.25, 0.3) is 5.91 Å². The molecule has 6 nitrogen and oxygen atoms in total. The van der Waals surface area contributed by atoms with Gasteiger partial charge in [-0.3, -0.25) is 4.79 Å². The van der Waals surface area contributed by atoms with Crippen LogP contribution in [0, 0.1) is 0 Å². The number of hydrogen-bond donors (Lipinski definition) is 2. The molecular formula is C15H18N2O4. The monoisotopic (exact) mass is 290 g/mol. The second-order valence-corrected chi connectivity index (χ2v) is 4.60. The molecule has 6 heteroatoms. The third-order valence-electron chi connectivity index (χ3n) is 2.93. The summed E-state index contributed by atoms with van der Waals surface area (Å²) in [5.74, 6) is -0.204. The van der Waals surface area contributed by atoms with Gasteiger partial charge in [-0.05, 0) is 6.42 Å². The minimum atomic E-state index is -0.593. The van der Waals surface area contributed by atoms with E-state index in [4.69, 9.17) is 9.26 Å². The van der Waals surface area contributed by atoms with Crippen molar-refractivity contribution >= 4 is 5.91 Å². The molecule has 21 heavy (non-hydrogen) atoms. The second-order valence-electron chi connectivity index (χ2n) is 4.60. The van der Waals surface area contributed by atoms with Gasteiger partial charge in [0.2, 0.25) is 5.76 Å². The normalized spacial score (nSPS) is 12.1. The molecule has 112 valence electrons. The van der Waals surface area contributed by atoms with Gasteiger partial charge in [0.05, 0.1) is 12.7 Å². The van der Waals surface area contributed by atoms with Crippen molar-refractivity contribution in [2.45, 2.75) is 12.5 Å². The predicted molar refractivity (Wildman–Crippen MR) is 76.8 cm³/mol. The average Bonchev–Trinajstić information content (AvgIpc) is 2.98. The molecule has 0 aliphatic rings. The second kappa shape index (κ2) is 7.56. The largest absolute Gasteiger partial charge is 0.391 e. The lowest BCUT2D eigenvalue weighted by atomic mass is 10.1. The molecule has 1 aromatic heterocycles. The molecule has 0 aliphatic carbocycles. The first-order valence-electron chi connectivity index (χ1n) is 6.68. The maximum absolute atomic E-state index is 11.9. The number of aliphatic hydroxyl groups is 1. The van der Waals surface area contributed by atoms with Gasteiger partial charge in [-0.2, -0.15) is 0 Å². The summed E-state index contributed by atoms with van der Waals surface area (Å²) in [6.45, 7) is 0.584. The van der Waals surface area contributed by atoms with E-state index in [1.54, 1.807) is 6.07 Å². The fourth-order valence-corrected chi connectivity index (χ4v) is 1.84. The molecule has 0 radical (unpaired) electrons. The van der Waals surface area contributed by atoms with Gasteiger partial charge in [0.1, 0.15) is 5.69 Å². The first-order valence-corrected chi connectivity index (χ1v) is 6.68. The Kier molecular flexibility index (Phi) is 5.48. The predicted octanol–water partition coefficient (Wildman–Crippen LogP) is 1.47. The highest BCUT2D eigenvalue weighted by molar-refractivity contribution is 5.92. The average molecular weight is 290 g/mol. The van der Waals surface area contributed by atoms with Crippen molar-refractivity contribution in [2.24, 2.45) is 0 Å². The molecule has 0 saturated carbocycles. The van der Waals surface area contributed by atoms with Gasteiger partial charge in [0.15, 0.2) is 0 Å². The number of rotatable bonds is 7. The molecule has 2 aromatic rings. The molecule has 0 aliphatic heterocycles. The van der Waals surface area contributed by atoms with Crippen molar-refractivity contribution in [3.05, 3.63) is 42.2 Å². The van der Waals surface area contributed by atoms with Gasteiger partial charge < -0.3 is 19.7 Å². The minimum absolute atomic E-state index is 0.148. The molecule has 2 rings (SSSR count). The summed E-state index contributed by atoms with van der Waals surface area (Å²) >= 11 is 0. The van der Waals surface area contributed by atoms with E-state index >= 15 is 0 Å². The van der Waals surface area contributed by atoms with Crippen LogP contribution in [0.15, 0.2) is 40.9 Å². The zero-order valence-corrected chi connectivity index (χ0v) is 11.8. The number of nitrogens with zero attached hydrogens (tertiary/aromatic N) is 1. The summed E-state index contributed by atoms with van der Waals surface area (Å²) in [6.07, 6.45) is -0.177. The van der Waals surface area contributed by atoms with Crippen LogP contribution in [0.3, 0.4) is 0 Å². The topological polar surface area (TPSA) is 84.6 Å². The number of carbonyl (C=O) groups is 1. The molecule has 2 N–H and O–H groups in total. The fraction of sp³-hybridized carbons (Fsp3) is 0.333. The lowest BCUT2D eigenvalue weighted by Crippen LogP contribution is -2.28. The molecule has 1 heterocycles. The Morgan fingerprint density at radius 2 is 2.19 bits per heavy atom. The highest BCUT2D eigenvalue weighted by Gasteiger charge is 2.14. The number of benzene rings is 1. The Balaban J connectivity index is 1.88. The van der Waals surface area contributed by atoms with Crippen LogP contribution in [0.1, 0.15) is 17.0 Å². The standard InChI is InChI=1S/C15H18N2O4/c1-20-10-12(18)7-8-16-15(19)14-9-13(17-21-14)11-5-3-2-4-6-11/h2-6,9,12,18H,7-8,10H2,1H3,(H,16,19). The van der Waals surface area contributed by atoms with Crippen molar-refractivity contribution in [3.8, 4) is 11.3 Å². The SMILES string of the molecule is COCC(O)CCNC(=O)c1cc(-c2ccccc2)no1. The van der Waals surface area contributed by atoms with E-state index in [-0.39, 0.29) is 18.3 Å². The van der Waals surface area contributed by atoms with Gasteiger partial charge in [-0.25, -0.2) is 0 Å². The Morgan fingerprint density at radius 3 is 2.90 bits per heavy atom.